The lowest BCUT2D eigenvalue weighted by Crippen LogP contribution is -2.42. The van der Waals surface area contributed by atoms with Crippen molar-refractivity contribution < 1.29 is 24.3 Å². The van der Waals surface area contributed by atoms with Gasteiger partial charge in [0, 0.05) is 18.9 Å². The lowest BCUT2D eigenvalue weighted by molar-refractivity contribution is -0.139. The fourth-order valence-corrected chi connectivity index (χ4v) is 3.43. The molecule has 0 unspecified atom stereocenters. The number of carboxylic acid groups (broad SMARTS) is 1. The number of hydroxylamine groups is 1. The molecular weight excluding hydrogens is 398 g/mol. The van der Waals surface area contributed by atoms with Gasteiger partial charge in [-0.15, -0.1) is 0 Å². The van der Waals surface area contributed by atoms with Crippen LogP contribution in [0.3, 0.4) is 0 Å². The van der Waals surface area contributed by atoms with E-state index in [9.17, 15) is 19.5 Å². The van der Waals surface area contributed by atoms with Gasteiger partial charge in [0.05, 0.1) is 11.8 Å². The van der Waals surface area contributed by atoms with Crippen LogP contribution in [0.5, 0.6) is 0 Å². The Kier molecular flexibility index (Phi) is 7.75. The maximum atomic E-state index is 12.8. The van der Waals surface area contributed by atoms with Crippen LogP contribution < -0.4 is 15.7 Å². The van der Waals surface area contributed by atoms with Crippen molar-refractivity contribution in [2.45, 2.75) is 38.3 Å². The number of nitrogens with one attached hydrogen (secondary N) is 2. The Morgan fingerprint density at radius 2 is 1.84 bits per heavy atom. The Hall–Kier alpha value is -3.23. The zero-order chi connectivity index (χ0) is 22.2. The minimum absolute atomic E-state index is 0.0927. The smallest absolute Gasteiger partial charge is 0.326 e. The van der Waals surface area contributed by atoms with Crippen molar-refractivity contribution in [2.75, 3.05) is 18.2 Å². The molecule has 0 aromatic heterocycles. The van der Waals surface area contributed by atoms with Gasteiger partial charge < -0.3 is 15.7 Å². The van der Waals surface area contributed by atoms with Crippen molar-refractivity contribution in [3.05, 3.63) is 65.7 Å². The molecule has 1 atom stereocenters. The number of piperidine rings is 1. The summed E-state index contributed by atoms with van der Waals surface area (Å²) in [6.45, 7) is 3.03. The quantitative estimate of drug-likeness (QED) is 0.560. The van der Waals surface area contributed by atoms with Crippen molar-refractivity contribution in [3.8, 4) is 0 Å². The molecule has 1 aliphatic rings. The number of benzene rings is 2. The summed E-state index contributed by atoms with van der Waals surface area (Å²) in [5.74, 6) is -1.95. The van der Waals surface area contributed by atoms with Gasteiger partial charge in [-0.05, 0) is 49.7 Å². The van der Waals surface area contributed by atoms with Crippen LogP contribution >= 0.6 is 0 Å². The van der Waals surface area contributed by atoms with Crippen LogP contribution in [0.1, 0.15) is 35.7 Å². The first-order valence-electron chi connectivity index (χ1n) is 10.3. The van der Waals surface area contributed by atoms with Gasteiger partial charge in [-0.3, -0.25) is 14.4 Å². The Balaban J connectivity index is 1.72. The molecular formula is C23H27N3O5. The largest absolute Gasteiger partial charge is 0.480 e. The van der Waals surface area contributed by atoms with Crippen LogP contribution in [0.2, 0.25) is 0 Å². The zero-order valence-electron chi connectivity index (χ0n) is 17.4. The summed E-state index contributed by atoms with van der Waals surface area (Å²) < 4.78 is 0. The first kappa shape index (κ1) is 22.5. The summed E-state index contributed by atoms with van der Waals surface area (Å²) in [4.78, 5) is 42.5. The first-order chi connectivity index (χ1) is 14.9. The number of carbonyl (C=O) groups excluding carboxylic acids is 2. The van der Waals surface area contributed by atoms with Gasteiger partial charge in [0.25, 0.3) is 5.91 Å². The summed E-state index contributed by atoms with van der Waals surface area (Å²) in [5.41, 5.74) is 1.48. The van der Waals surface area contributed by atoms with Gasteiger partial charge in [-0.1, -0.05) is 36.4 Å². The SMILES string of the molecule is CC(=O)N(OC1CCNCC1)c1cccc(C(=O)N[C@@H](Cc2ccccc2)C(=O)O)c1. The van der Waals surface area contributed by atoms with Gasteiger partial charge in [-0.2, -0.15) is 5.06 Å². The zero-order valence-corrected chi connectivity index (χ0v) is 17.4. The Morgan fingerprint density at radius 3 is 2.48 bits per heavy atom. The predicted molar refractivity (Wildman–Crippen MR) is 116 cm³/mol. The molecule has 8 heteroatoms. The fraction of sp³-hybridized carbons (Fsp3) is 0.348. The molecule has 2 amide bonds. The van der Waals surface area contributed by atoms with Crippen LogP contribution in [0.15, 0.2) is 54.6 Å². The Bertz CT molecular complexity index is 912. The molecule has 1 fully saturated rings. The second kappa shape index (κ2) is 10.7. The summed E-state index contributed by atoms with van der Waals surface area (Å²) in [7, 11) is 0. The van der Waals surface area contributed by atoms with E-state index in [1.54, 1.807) is 18.2 Å². The molecule has 3 rings (SSSR count). The summed E-state index contributed by atoms with van der Waals surface area (Å²) in [6.07, 6.45) is 1.64. The van der Waals surface area contributed by atoms with Gasteiger partial charge >= 0.3 is 5.97 Å². The van der Waals surface area contributed by atoms with Crippen molar-refractivity contribution in [1.29, 1.82) is 0 Å². The van der Waals surface area contributed by atoms with Crippen molar-refractivity contribution in [1.82, 2.24) is 10.6 Å². The molecule has 0 spiro atoms. The number of rotatable bonds is 8. The van der Waals surface area contributed by atoms with E-state index < -0.39 is 17.9 Å². The lowest BCUT2D eigenvalue weighted by atomic mass is 10.1. The van der Waals surface area contributed by atoms with E-state index in [0.717, 1.165) is 31.5 Å². The molecule has 31 heavy (non-hydrogen) atoms. The van der Waals surface area contributed by atoms with E-state index in [2.05, 4.69) is 10.6 Å². The molecule has 2 aromatic carbocycles. The minimum Gasteiger partial charge on any atom is -0.480 e. The maximum Gasteiger partial charge on any atom is 0.326 e. The van der Waals surface area contributed by atoms with Crippen molar-refractivity contribution in [2.24, 2.45) is 0 Å². The first-order valence-corrected chi connectivity index (χ1v) is 10.3. The van der Waals surface area contributed by atoms with Crippen LogP contribution in [0.4, 0.5) is 5.69 Å². The van der Waals surface area contributed by atoms with E-state index in [0.29, 0.717) is 5.69 Å². The van der Waals surface area contributed by atoms with E-state index in [1.165, 1.54) is 18.1 Å². The number of amides is 2. The summed E-state index contributed by atoms with van der Waals surface area (Å²) in [6, 6.07) is 14.4. The molecule has 1 heterocycles. The Labute approximate surface area is 181 Å². The third-order valence-electron chi connectivity index (χ3n) is 5.06. The van der Waals surface area contributed by atoms with Crippen LogP contribution in [0.25, 0.3) is 0 Å². The predicted octanol–water partition coefficient (Wildman–Crippen LogP) is 2.15. The third-order valence-corrected chi connectivity index (χ3v) is 5.06. The molecule has 1 aliphatic heterocycles. The average Bonchev–Trinajstić information content (AvgIpc) is 2.78. The van der Waals surface area contributed by atoms with Gasteiger partial charge in [0.2, 0.25) is 5.91 Å². The van der Waals surface area contributed by atoms with Gasteiger partial charge in [0.1, 0.15) is 6.04 Å². The average molecular weight is 425 g/mol. The molecule has 164 valence electrons. The van der Waals surface area contributed by atoms with Crippen molar-refractivity contribution >= 4 is 23.5 Å². The number of aliphatic carboxylic acids is 1. The van der Waals surface area contributed by atoms with Crippen LogP contribution in [-0.4, -0.2) is 48.1 Å². The molecule has 0 bridgehead atoms. The molecule has 0 radical (unpaired) electrons. The van der Waals surface area contributed by atoms with E-state index in [-0.39, 0.29) is 24.0 Å². The highest BCUT2D eigenvalue weighted by Gasteiger charge is 2.24. The van der Waals surface area contributed by atoms with E-state index in [4.69, 9.17) is 4.84 Å². The topological polar surface area (TPSA) is 108 Å². The molecule has 0 aliphatic carbocycles. The summed E-state index contributed by atoms with van der Waals surface area (Å²) >= 11 is 0. The van der Waals surface area contributed by atoms with Crippen LogP contribution in [0, 0.1) is 0 Å². The fourth-order valence-electron chi connectivity index (χ4n) is 3.43. The highest BCUT2D eigenvalue weighted by molar-refractivity contribution is 5.98. The van der Waals surface area contributed by atoms with Gasteiger partial charge in [0.15, 0.2) is 0 Å². The second-order valence-electron chi connectivity index (χ2n) is 7.47. The van der Waals surface area contributed by atoms with Crippen LogP contribution in [-0.2, 0) is 20.8 Å². The van der Waals surface area contributed by atoms with E-state index in [1.807, 2.05) is 30.3 Å². The maximum absolute atomic E-state index is 12.8. The standard InChI is InChI=1S/C23H27N3O5/c1-16(27)26(31-20-10-12-24-13-11-20)19-9-5-8-18(15-19)22(28)25-21(23(29)30)14-17-6-3-2-4-7-17/h2-9,15,20-21,24H,10-14H2,1H3,(H,25,28)(H,29,30)/t21-/m0/s1. The number of carboxylic acids is 1. The monoisotopic (exact) mass is 425 g/mol. The number of hydrogen-bond acceptors (Lipinski definition) is 5. The molecule has 8 nitrogen and oxygen atoms in total. The molecule has 1 saturated heterocycles. The number of anilines is 1. The summed E-state index contributed by atoms with van der Waals surface area (Å²) in [5, 5.41) is 16.5. The highest BCUT2D eigenvalue weighted by atomic mass is 16.7. The minimum atomic E-state index is -1.12. The molecule has 0 saturated carbocycles. The lowest BCUT2D eigenvalue weighted by Gasteiger charge is -2.29. The number of hydrogen-bond donors (Lipinski definition) is 3. The van der Waals surface area contributed by atoms with Crippen molar-refractivity contribution in [3.63, 3.8) is 0 Å². The number of nitrogens with zero attached hydrogens (tertiary/aromatic N) is 1. The molecule has 2 aromatic rings. The molecule has 3 N–H and O–H groups in total. The second-order valence-corrected chi connectivity index (χ2v) is 7.47. The third kappa shape index (κ3) is 6.37. The normalized spacial score (nSPS) is 15.1. The van der Waals surface area contributed by atoms with E-state index >= 15 is 0 Å². The Morgan fingerprint density at radius 1 is 1.13 bits per heavy atom. The highest BCUT2D eigenvalue weighted by Crippen LogP contribution is 2.21. The number of carbonyl (C=O) groups is 3. The van der Waals surface area contributed by atoms with Gasteiger partial charge in [-0.25, -0.2) is 4.79 Å².